The fourth-order valence-electron chi connectivity index (χ4n) is 6.77. The first-order valence-electron chi connectivity index (χ1n) is 12.4. The van der Waals surface area contributed by atoms with E-state index in [-0.39, 0.29) is 25.6 Å². The summed E-state index contributed by atoms with van der Waals surface area (Å²) in [5, 5.41) is -5.04. The highest BCUT2D eigenvalue weighted by Gasteiger charge is 2.56. The molecule has 3 saturated carbocycles. The lowest BCUT2D eigenvalue weighted by Gasteiger charge is -2.46. The van der Waals surface area contributed by atoms with Crippen LogP contribution >= 0.6 is 0 Å². The summed E-state index contributed by atoms with van der Waals surface area (Å²) in [6.07, 6.45) is 6.79. The average molecular weight is 521 g/mol. The van der Waals surface area contributed by atoms with Crippen LogP contribution < -0.4 is 0 Å². The molecule has 0 saturated heterocycles. The summed E-state index contributed by atoms with van der Waals surface area (Å²) >= 11 is 0. The highest BCUT2D eigenvalue weighted by atomic mass is 32.2. The fourth-order valence-corrected chi connectivity index (χ4v) is 7.03. The van der Waals surface area contributed by atoms with Gasteiger partial charge < -0.3 is 14.2 Å². The molecule has 4 aliphatic rings. The van der Waals surface area contributed by atoms with Crippen molar-refractivity contribution in [2.24, 2.45) is 29.1 Å². The number of alkyl halides is 2. The van der Waals surface area contributed by atoms with Crippen molar-refractivity contribution < 1.29 is 45.6 Å². The van der Waals surface area contributed by atoms with Crippen LogP contribution in [0.15, 0.2) is 11.3 Å². The minimum Gasteiger partial charge on any atom is -0.461 e. The van der Waals surface area contributed by atoms with Crippen LogP contribution in [0.4, 0.5) is 8.78 Å². The lowest BCUT2D eigenvalue weighted by molar-refractivity contribution is -0.181. The van der Waals surface area contributed by atoms with E-state index >= 15 is 0 Å². The molecule has 0 aliphatic heterocycles. The van der Waals surface area contributed by atoms with Crippen molar-refractivity contribution in [2.75, 3.05) is 6.79 Å². The zero-order chi connectivity index (χ0) is 25.6. The molecular weight excluding hydrogens is 486 g/mol. The number of hydrogen-bond donors (Lipinski definition) is 1. The molecule has 0 aromatic carbocycles. The third-order valence-electron chi connectivity index (χ3n) is 8.30. The molecule has 0 heterocycles. The molecule has 0 spiro atoms. The summed E-state index contributed by atoms with van der Waals surface area (Å²) in [4.78, 5) is 24.9. The van der Waals surface area contributed by atoms with Crippen LogP contribution in [0, 0.1) is 29.1 Å². The Morgan fingerprint density at radius 1 is 1.14 bits per heavy atom. The zero-order valence-electron chi connectivity index (χ0n) is 20.1. The Bertz CT molecular complexity index is 993. The number of rotatable bonds is 7. The molecule has 4 rings (SSSR count). The summed E-state index contributed by atoms with van der Waals surface area (Å²) in [5.41, 5.74) is 0.417. The number of carbonyl (C=O) groups excluding carboxylic acids is 2. The topological polar surface area (TPSA) is 116 Å². The number of halogens is 2. The van der Waals surface area contributed by atoms with Crippen LogP contribution in [0.25, 0.3) is 0 Å². The van der Waals surface area contributed by atoms with Crippen LogP contribution in [0.5, 0.6) is 0 Å². The highest BCUT2D eigenvalue weighted by Crippen LogP contribution is 2.50. The predicted octanol–water partition coefficient (Wildman–Crippen LogP) is 4.60. The zero-order valence-corrected chi connectivity index (χ0v) is 21.0. The number of carbonyl (C=O) groups is 2. The van der Waals surface area contributed by atoms with Gasteiger partial charge in [-0.2, -0.15) is 17.2 Å². The van der Waals surface area contributed by atoms with Crippen LogP contribution in [-0.4, -0.2) is 43.1 Å². The van der Waals surface area contributed by atoms with Gasteiger partial charge in [0.1, 0.15) is 11.9 Å². The third kappa shape index (κ3) is 5.35. The molecule has 198 valence electrons. The molecular formula is C24H34F2O8S. The van der Waals surface area contributed by atoms with Gasteiger partial charge in [-0.05, 0) is 94.5 Å². The summed E-state index contributed by atoms with van der Waals surface area (Å²) in [6.45, 7) is 3.70. The first-order chi connectivity index (χ1) is 16.3. The van der Waals surface area contributed by atoms with Gasteiger partial charge in [0, 0.05) is 5.92 Å². The van der Waals surface area contributed by atoms with Gasteiger partial charge >= 0.3 is 27.3 Å². The summed E-state index contributed by atoms with van der Waals surface area (Å²) < 4.78 is 74.0. The summed E-state index contributed by atoms with van der Waals surface area (Å²) in [5.74, 6) is -1.07. The van der Waals surface area contributed by atoms with Crippen molar-refractivity contribution in [1.29, 1.82) is 0 Å². The predicted molar refractivity (Wildman–Crippen MR) is 119 cm³/mol. The van der Waals surface area contributed by atoms with E-state index in [4.69, 9.17) is 18.8 Å². The monoisotopic (exact) mass is 520 g/mol. The molecule has 0 aromatic rings. The second kappa shape index (κ2) is 9.61. The molecule has 4 aliphatic carbocycles. The molecule has 0 amide bonds. The van der Waals surface area contributed by atoms with E-state index in [0.717, 1.165) is 31.4 Å². The molecule has 8 nitrogen and oxygen atoms in total. The van der Waals surface area contributed by atoms with Gasteiger partial charge in [-0.15, -0.1) is 0 Å². The Balaban J connectivity index is 1.36. The maximum absolute atomic E-state index is 13.7. The second-order valence-corrected chi connectivity index (χ2v) is 12.6. The van der Waals surface area contributed by atoms with Gasteiger partial charge in [-0.3, -0.25) is 9.35 Å². The number of fused-ring (bicyclic) bond motifs is 4. The third-order valence-corrected chi connectivity index (χ3v) is 9.11. The van der Waals surface area contributed by atoms with Crippen molar-refractivity contribution in [3.63, 3.8) is 0 Å². The molecule has 0 radical (unpaired) electrons. The molecule has 6 unspecified atom stereocenters. The molecule has 11 heteroatoms. The van der Waals surface area contributed by atoms with Gasteiger partial charge in [0.05, 0.1) is 5.41 Å². The molecule has 3 fully saturated rings. The molecule has 4 bridgehead atoms. The maximum Gasteiger partial charge on any atom is 0.465 e. The van der Waals surface area contributed by atoms with Gasteiger partial charge in [0.15, 0.2) is 0 Å². The minimum absolute atomic E-state index is 0.131. The Kier molecular flexibility index (Phi) is 7.23. The van der Waals surface area contributed by atoms with Crippen LogP contribution in [-0.2, 0) is 33.9 Å². The van der Waals surface area contributed by atoms with Gasteiger partial charge in [0.2, 0.25) is 6.79 Å². The Hall–Kier alpha value is -1.75. The van der Waals surface area contributed by atoms with E-state index < -0.39 is 44.7 Å². The van der Waals surface area contributed by atoms with Crippen molar-refractivity contribution in [3.8, 4) is 0 Å². The Morgan fingerprint density at radius 2 is 1.89 bits per heavy atom. The van der Waals surface area contributed by atoms with Crippen molar-refractivity contribution in [1.82, 2.24) is 0 Å². The molecule has 35 heavy (non-hydrogen) atoms. The first-order valence-corrected chi connectivity index (χ1v) is 13.8. The normalized spacial score (nSPS) is 35.3. The fraction of sp³-hybridized carbons (Fsp3) is 0.833. The van der Waals surface area contributed by atoms with Crippen LogP contribution in [0.3, 0.4) is 0 Å². The molecule has 1 N–H and O–H groups in total. The van der Waals surface area contributed by atoms with Gasteiger partial charge in [0.25, 0.3) is 0 Å². The van der Waals surface area contributed by atoms with E-state index in [1.807, 2.05) is 0 Å². The SMILES string of the molecule is CC1CC2CCCC(=C1OCOC(=O)C1(C)CC3CCC(OC(=O)C(F)(F)S(=O)(=O)O)C(C3)C1)C2. The molecule has 6 atom stereocenters. The van der Waals surface area contributed by atoms with Crippen LogP contribution in [0.2, 0.25) is 0 Å². The standard InChI is InChI=1S/C24H34F2O8S/c1-14-8-15-4-3-5-17(9-15)20(14)32-13-33-21(27)23(2)11-16-6-7-19(18(10-16)12-23)34-22(28)24(25,26)35(29,30)31/h14-16,18-19H,3-13H2,1-2H3,(H,29,30,31). The number of hydrogen-bond acceptors (Lipinski definition) is 7. The Labute approximate surface area is 204 Å². The molecule has 0 aromatic heterocycles. The smallest absolute Gasteiger partial charge is 0.461 e. The van der Waals surface area contributed by atoms with E-state index in [9.17, 15) is 26.8 Å². The minimum atomic E-state index is -5.94. The maximum atomic E-state index is 13.7. The van der Waals surface area contributed by atoms with E-state index in [0.29, 0.717) is 31.1 Å². The van der Waals surface area contributed by atoms with Gasteiger partial charge in [-0.25, -0.2) is 4.79 Å². The van der Waals surface area contributed by atoms with Crippen molar-refractivity contribution in [3.05, 3.63) is 11.3 Å². The van der Waals surface area contributed by atoms with Gasteiger partial charge in [-0.1, -0.05) is 6.92 Å². The summed E-state index contributed by atoms with van der Waals surface area (Å²) in [7, 11) is -5.94. The van der Waals surface area contributed by atoms with Crippen molar-refractivity contribution >= 4 is 22.1 Å². The number of allylic oxidation sites excluding steroid dienone is 2. The lowest BCUT2D eigenvalue weighted by Crippen LogP contribution is -2.48. The summed E-state index contributed by atoms with van der Waals surface area (Å²) in [6, 6.07) is 0. The van der Waals surface area contributed by atoms with Crippen molar-refractivity contribution in [2.45, 2.75) is 89.4 Å². The second-order valence-electron chi connectivity index (χ2n) is 11.1. The van der Waals surface area contributed by atoms with Crippen LogP contribution in [0.1, 0.15) is 78.1 Å². The average Bonchev–Trinajstić information content (AvgIpc) is 2.76. The van der Waals surface area contributed by atoms with E-state index in [1.165, 1.54) is 12.0 Å². The lowest BCUT2D eigenvalue weighted by atomic mass is 9.60. The quantitative estimate of drug-likeness (QED) is 0.294. The highest BCUT2D eigenvalue weighted by molar-refractivity contribution is 7.87. The van der Waals surface area contributed by atoms with E-state index in [1.54, 1.807) is 6.92 Å². The largest absolute Gasteiger partial charge is 0.465 e. The van der Waals surface area contributed by atoms with E-state index in [2.05, 4.69) is 6.92 Å². The first kappa shape index (κ1) is 26.3. The number of esters is 2. The Morgan fingerprint density at radius 3 is 2.60 bits per heavy atom. The number of ether oxygens (including phenoxy) is 3.